The Morgan fingerprint density at radius 1 is 1.45 bits per heavy atom. The highest BCUT2D eigenvalue weighted by molar-refractivity contribution is 8.00. The zero-order valence-corrected chi connectivity index (χ0v) is 17.6. The first-order valence-corrected chi connectivity index (χ1v) is 10.5. The summed E-state index contributed by atoms with van der Waals surface area (Å²) in [6.45, 7) is 5.21. The normalized spacial score (nSPS) is 17.3. The van der Waals surface area contributed by atoms with Crippen molar-refractivity contribution in [3.8, 4) is 0 Å². The van der Waals surface area contributed by atoms with E-state index in [0.717, 1.165) is 12.8 Å². The minimum atomic E-state index is -0.498. The van der Waals surface area contributed by atoms with Crippen LogP contribution in [0.5, 0.6) is 0 Å². The third kappa shape index (κ3) is 4.79. The number of aromatic nitrogens is 2. The number of carbonyl (C=O) groups is 2. The van der Waals surface area contributed by atoms with Gasteiger partial charge in [0.05, 0.1) is 41.5 Å². The first-order chi connectivity index (χ1) is 13.9. The number of methoxy groups -OCH3 is 1. The summed E-state index contributed by atoms with van der Waals surface area (Å²) in [5, 5.41) is 3.19. The predicted octanol–water partition coefficient (Wildman–Crippen LogP) is 1.98. The van der Waals surface area contributed by atoms with Gasteiger partial charge in [-0.1, -0.05) is 11.8 Å². The molecule has 0 aliphatic carbocycles. The summed E-state index contributed by atoms with van der Waals surface area (Å²) in [7, 11) is 1.30. The van der Waals surface area contributed by atoms with E-state index in [9.17, 15) is 14.4 Å². The number of fused-ring (bicyclic) bond motifs is 1. The third-order valence-electron chi connectivity index (χ3n) is 4.75. The average molecular weight is 420 g/mol. The van der Waals surface area contributed by atoms with Crippen molar-refractivity contribution < 1.29 is 19.1 Å². The van der Waals surface area contributed by atoms with Crippen molar-refractivity contribution in [2.24, 2.45) is 0 Å². The molecule has 2 heterocycles. The number of amides is 1. The summed E-state index contributed by atoms with van der Waals surface area (Å²) < 4.78 is 12.0. The maximum atomic E-state index is 13.2. The second kappa shape index (κ2) is 9.41. The smallest absolute Gasteiger partial charge is 0.337 e. The second-order valence-electron chi connectivity index (χ2n) is 6.82. The van der Waals surface area contributed by atoms with Crippen LogP contribution in [0.1, 0.15) is 37.0 Å². The van der Waals surface area contributed by atoms with Gasteiger partial charge < -0.3 is 14.8 Å². The minimum absolute atomic E-state index is 0.0552. The zero-order chi connectivity index (χ0) is 21.0. The lowest BCUT2D eigenvalue weighted by Gasteiger charge is -2.18. The fourth-order valence-electron chi connectivity index (χ4n) is 3.22. The van der Waals surface area contributed by atoms with Crippen molar-refractivity contribution in [1.82, 2.24) is 14.9 Å². The van der Waals surface area contributed by atoms with Crippen LogP contribution < -0.4 is 10.9 Å². The molecule has 1 saturated heterocycles. The van der Waals surface area contributed by atoms with Crippen molar-refractivity contribution in [3.05, 3.63) is 34.1 Å². The van der Waals surface area contributed by atoms with Gasteiger partial charge in [-0.05, 0) is 44.9 Å². The molecule has 8 nitrogen and oxygen atoms in total. The van der Waals surface area contributed by atoms with E-state index in [1.54, 1.807) is 29.7 Å². The van der Waals surface area contributed by atoms with Crippen molar-refractivity contribution in [2.45, 2.75) is 49.7 Å². The molecule has 3 rings (SSSR count). The Hall–Kier alpha value is -2.39. The van der Waals surface area contributed by atoms with E-state index in [-0.39, 0.29) is 17.6 Å². The number of benzene rings is 1. The third-order valence-corrected chi connectivity index (χ3v) is 5.84. The number of hydrogen-bond acceptors (Lipinski definition) is 7. The Morgan fingerprint density at radius 3 is 2.90 bits per heavy atom. The lowest BCUT2D eigenvalue weighted by atomic mass is 10.1. The first kappa shape index (κ1) is 21.3. The summed E-state index contributed by atoms with van der Waals surface area (Å²) in [5.41, 5.74) is 0.496. The molecule has 156 valence electrons. The van der Waals surface area contributed by atoms with Crippen LogP contribution in [0.3, 0.4) is 0 Å². The molecule has 0 unspecified atom stereocenters. The quantitative estimate of drug-likeness (QED) is 0.416. The van der Waals surface area contributed by atoms with Crippen LogP contribution in [0, 0.1) is 0 Å². The molecule has 9 heteroatoms. The van der Waals surface area contributed by atoms with Crippen LogP contribution in [0.2, 0.25) is 0 Å². The molecule has 2 atom stereocenters. The van der Waals surface area contributed by atoms with Gasteiger partial charge in [0.15, 0.2) is 5.16 Å². The van der Waals surface area contributed by atoms with E-state index in [1.165, 1.54) is 18.9 Å². The van der Waals surface area contributed by atoms with Crippen LogP contribution in [0.4, 0.5) is 0 Å². The molecule has 0 radical (unpaired) electrons. The molecule has 2 aromatic rings. The highest BCUT2D eigenvalue weighted by Gasteiger charge is 2.23. The maximum absolute atomic E-state index is 13.2. The van der Waals surface area contributed by atoms with Crippen LogP contribution >= 0.6 is 11.8 Å². The minimum Gasteiger partial charge on any atom is -0.465 e. The van der Waals surface area contributed by atoms with E-state index in [1.807, 2.05) is 6.92 Å². The molecule has 0 bridgehead atoms. The van der Waals surface area contributed by atoms with Crippen molar-refractivity contribution in [2.75, 3.05) is 20.3 Å². The Morgan fingerprint density at radius 2 is 2.24 bits per heavy atom. The number of rotatable bonds is 7. The van der Waals surface area contributed by atoms with Gasteiger partial charge in [-0.15, -0.1) is 0 Å². The second-order valence-corrected chi connectivity index (χ2v) is 8.13. The Labute approximate surface area is 173 Å². The van der Waals surface area contributed by atoms with E-state index in [4.69, 9.17) is 9.47 Å². The molecule has 1 aliphatic rings. The molecule has 1 aromatic carbocycles. The Balaban J connectivity index is 2.05. The van der Waals surface area contributed by atoms with Crippen LogP contribution in [-0.2, 0) is 20.8 Å². The number of thioether (sulfide) groups is 1. The molecular weight excluding hydrogens is 394 g/mol. The van der Waals surface area contributed by atoms with Crippen molar-refractivity contribution in [3.63, 3.8) is 0 Å². The summed E-state index contributed by atoms with van der Waals surface area (Å²) in [6, 6.07) is 4.68. The van der Waals surface area contributed by atoms with E-state index in [0.29, 0.717) is 41.3 Å². The fourth-order valence-corrected chi connectivity index (χ4v) is 4.16. The van der Waals surface area contributed by atoms with Crippen LogP contribution in [-0.4, -0.2) is 53.0 Å². The van der Waals surface area contributed by atoms with Gasteiger partial charge >= 0.3 is 5.97 Å². The Kier molecular flexibility index (Phi) is 6.92. The lowest BCUT2D eigenvalue weighted by molar-refractivity contribution is -0.120. The summed E-state index contributed by atoms with van der Waals surface area (Å²) >= 11 is 1.22. The summed E-state index contributed by atoms with van der Waals surface area (Å²) in [6.07, 6.45) is 1.78. The number of hydrogen-bond donors (Lipinski definition) is 1. The van der Waals surface area contributed by atoms with E-state index >= 15 is 0 Å². The highest BCUT2D eigenvalue weighted by atomic mass is 32.2. The Bertz CT molecular complexity index is 968. The van der Waals surface area contributed by atoms with Gasteiger partial charge in [0.1, 0.15) is 0 Å². The van der Waals surface area contributed by atoms with Gasteiger partial charge in [-0.2, -0.15) is 0 Å². The standard InChI is InChI=1S/C20H25N3O5S/c1-4-21-17(24)12(2)29-20-22-16-10-13(19(26)27-3)7-8-15(16)18(25)23(20)11-14-6-5-9-28-14/h7-8,10,12,14H,4-6,9,11H2,1-3H3,(H,21,24)/t12-,14-/m1/s1. The van der Waals surface area contributed by atoms with Crippen LogP contribution in [0.15, 0.2) is 28.2 Å². The van der Waals surface area contributed by atoms with Gasteiger partial charge in [-0.25, -0.2) is 9.78 Å². The van der Waals surface area contributed by atoms with Crippen molar-refractivity contribution in [1.29, 1.82) is 0 Å². The van der Waals surface area contributed by atoms with E-state index < -0.39 is 11.2 Å². The molecule has 1 N–H and O–H groups in total. The largest absolute Gasteiger partial charge is 0.465 e. The summed E-state index contributed by atoms with van der Waals surface area (Å²) in [4.78, 5) is 41.9. The fraction of sp³-hybridized carbons (Fsp3) is 0.500. The number of ether oxygens (including phenoxy) is 2. The molecular formula is C20H25N3O5S. The van der Waals surface area contributed by atoms with Gasteiger partial charge in [-0.3, -0.25) is 14.2 Å². The average Bonchev–Trinajstić information content (AvgIpc) is 3.23. The molecule has 1 fully saturated rings. The number of carbonyl (C=O) groups excluding carboxylic acids is 2. The highest BCUT2D eigenvalue weighted by Crippen LogP contribution is 2.25. The molecule has 1 aromatic heterocycles. The number of nitrogens with zero attached hydrogens (tertiary/aromatic N) is 2. The topological polar surface area (TPSA) is 99.5 Å². The number of nitrogens with one attached hydrogen (secondary N) is 1. The zero-order valence-electron chi connectivity index (χ0n) is 16.8. The van der Waals surface area contributed by atoms with Gasteiger partial charge in [0.25, 0.3) is 5.56 Å². The first-order valence-electron chi connectivity index (χ1n) is 9.63. The van der Waals surface area contributed by atoms with Gasteiger partial charge in [0, 0.05) is 13.2 Å². The molecule has 29 heavy (non-hydrogen) atoms. The van der Waals surface area contributed by atoms with E-state index in [2.05, 4.69) is 10.3 Å². The molecule has 1 amide bonds. The summed E-state index contributed by atoms with van der Waals surface area (Å²) in [5.74, 6) is -0.624. The van der Waals surface area contributed by atoms with Gasteiger partial charge in [0.2, 0.25) is 5.91 Å². The lowest BCUT2D eigenvalue weighted by Crippen LogP contribution is -2.33. The molecule has 0 spiro atoms. The number of esters is 1. The molecule has 0 saturated carbocycles. The maximum Gasteiger partial charge on any atom is 0.337 e. The predicted molar refractivity (Wildman–Crippen MR) is 110 cm³/mol. The monoisotopic (exact) mass is 419 g/mol. The molecule has 1 aliphatic heterocycles. The van der Waals surface area contributed by atoms with Crippen molar-refractivity contribution >= 4 is 34.5 Å². The van der Waals surface area contributed by atoms with Crippen LogP contribution in [0.25, 0.3) is 10.9 Å². The SMILES string of the molecule is CCNC(=O)[C@@H](C)Sc1nc2cc(C(=O)OC)ccc2c(=O)n1C[C@H]1CCCO1.